The van der Waals surface area contributed by atoms with Crippen molar-refractivity contribution < 1.29 is 4.39 Å². The fourth-order valence-electron chi connectivity index (χ4n) is 1.72. The first kappa shape index (κ1) is 12.1. The summed E-state index contributed by atoms with van der Waals surface area (Å²) in [5, 5.41) is 7.22. The Morgan fingerprint density at radius 2 is 2.18 bits per heavy atom. The number of rotatable bonds is 3. The average Bonchev–Trinajstić information content (AvgIpc) is 2.68. The van der Waals surface area contributed by atoms with Gasteiger partial charge in [0.25, 0.3) is 0 Å². The SMILES string of the molecule is CC(Nc1ccc(Br)cc1F)c1ccnn1C. The summed E-state index contributed by atoms with van der Waals surface area (Å²) in [4.78, 5) is 0. The molecule has 0 saturated carbocycles. The zero-order valence-corrected chi connectivity index (χ0v) is 11.2. The van der Waals surface area contributed by atoms with E-state index in [1.54, 1.807) is 23.0 Å². The van der Waals surface area contributed by atoms with Crippen molar-refractivity contribution in [1.29, 1.82) is 0 Å². The predicted molar refractivity (Wildman–Crippen MR) is 69.3 cm³/mol. The van der Waals surface area contributed by atoms with Crippen LogP contribution in [0, 0.1) is 5.82 Å². The van der Waals surface area contributed by atoms with Gasteiger partial charge in [-0.1, -0.05) is 15.9 Å². The van der Waals surface area contributed by atoms with Gasteiger partial charge in [0.15, 0.2) is 0 Å². The van der Waals surface area contributed by atoms with Crippen molar-refractivity contribution in [2.75, 3.05) is 5.32 Å². The molecule has 1 aromatic carbocycles. The van der Waals surface area contributed by atoms with E-state index in [1.165, 1.54) is 6.07 Å². The molecule has 1 heterocycles. The number of halogens is 2. The van der Waals surface area contributed by atoms with Crippen molar-refractivity contribution in [3.05, 3.63) is 46.4 Å². The lowest BCUT2D eigenvalue weighted by Gasteiger charge is -2.16. The smallest absolute Gasteiger partial charge is 0.147 e. The van der Waals surface area contributed by atoms with Gasteiger partial charge in [-0.2, -0.15) is 5.10 Å². The summed E-state index contributed by atoms with van der Waals surface area (Å²) >= 11 is 3.23. The first-order valence-electron chi connectivity index (χ1n) is 5.27. The molecule has 1 N–H and O–H groups in total. The molecule has 0 aliphatic rings. The number of benzene rings is 1. The summed E-state index contributed by atoms with van der Waals surface area (Å²) in [7, 11) is 1.87. The topological polar surface area (TPSA) is 29.9 Å². The number of hydrogen-bond donors (Lipinski definition) is 1. The van der Waals surface area contributed by atoms with Gasteiger partial charge in [-0.15, -0.1) is 0 Å². The summed E-state index contributed by atoms with van der Waals surface area (Å²) in [5.74, 6) is -0.270. The van der Waals surface area contributed by atoms with Crippen LogP contribution in [0.15, 0.2) is 34.9 Å². The van der Waals surface area contributed by atoms with Crippen LogP contribution in [-0.2, 0) is 7.05 Å². The molecule has 0 saturated heterocycles. The van der Waals surface area contributed by atoms with E-state index in [1.807, 2.05) is 20.0 Å². The number of anilines is 1. The average molecular weight is 298 g/mol. The highest BCUT2D eigenvalue weighted by molar-refractivity contribution is 9.10. The molecule has 0 bridgehead atoms. The van der Waals surface area contributed by atoms with Crippen LogP contribution in [-0.4, -0.2) is 9.78 Å². The monoisotopic (exact) mass is 297 g/mol. The second kappa shape index (κ2) is 4.87. The quantitative estimate of drug-likeness (QED) is 0.940. The van der Waals surface area contributed by atoms with Gasteiger partial charge in [-0.3, -0.25) is 4.68 Å². The molecule has 1 atom stereocenters. The number of nitrogens with zero attached hydrogens (tertiary/aromatic N) is 2. The second-order valence-corrected chi connectivity index (χ2v) is 4.79. The minimum Gasteiger partial charge on any atom is -0.375 e. The van der Waals surface area contributed by atoms with Gasteiger partial charge in [-0.25, -0.2) is 4.39 Å². The summed E-state index contributed by atoms with van der Waals surface area (Å²) in [6.07, 6.45) is 1.73. The van der Waals surface area contributed by atoms with Crippen molar-refractivity contribution in [2.24, 2.45) is 7.05 Å². The van der Waals surface area contributed by atoms with Gasteiger partial charge < -0.3 is 5.32 Å². The summed E-state index contributed by atoms with van der Waals surface area (Å²) in [6.45, 7) is 1.97. The Balaban J connectivity index is 2.19. The zero-order valence-electron chi connectivity index (χ0n) is 9.61. The van der Waals surface area contributed by atoms with E-state index in [4.69, 9.17) is 0 Å². The Kier molecular flexibility index (Phi) is 3.47. The predicted octanol–water partition coefficient (Wildman–Crippen LogP) is 3.49. The van der Waals surface area contributed by atoms with Gasteiger partial charge in [-0.05, 0) is 31.2 Å². The van der Waals surface area contributed by atoms with Crippen LogP contribution in [0.5, 0.6) is 0 Å². The second-order valence-electron chi connectivity index (χ2n) is 3.87. The Labute approximate surface area is 108 Å². The molecule has 0 aliphatic carbocycles. The Bertz CT molecular complexity index is 524. The molecule has 0 spiro atoms. The van der Waals surface area contributed by atoms with Gasteiger partial charge in [0, 0.05) is 17.7 Å². The van der Waals surface area contributed by atoms with E-state index < -0.39 is 0 Å². The summed E-state index contributed by atoms with van der Waals surface area (Å²) < 4.78 is 16.1. The van der Waals surface area contributed by atoms with Crippen molar-refractivity contribution in [3.8, 4) is 0 Å². The Hall–Kier alpha value is -1.36. The van der Waals surface area contributed by atoms with Crippen LogP contribution in [0.4, 0.5) is 10.1 Å². The fraction of sp³-hybridized carbons (Fsp3) is 0.250. The van der Waals surface area contributed by atoms with Crippen molar-refractivity contribution in [1.82, 2.24) is 9.78 Å². The van der Waals surface area contributed by atoms with E-state index in [2.05, 4.69) is 26.3 Å². The highest BCUT2D eigenvalue weighted by Crippen LogP contribution is 2.23. The van der Waals surface area contributed by atoms with E-state index in [9.17, 15) is 4.39 Å². The van der Waals surface area contributed by atoms with Gasteiger partial charge in [0.05, 0.1) is 17.4 Å². The molecule has 1 unspecified atom stereocenters. The number of hydrogen-bond acceptors (Lipinski definition) is 2. The first-order valence-corrected chi connectivity index (χ1v) is 6.06. The molecule has 0 radical (unpaired) electrons. The van der Waals surface area contributed by atoms with Crippen molar-refractivity contribution in [3.63, 3.8) is 0 Å². The zero-order chi connectivity index (χ0) is 12.4. The molecule has 2 rings (SSSR count). The highest BCUT2D eigenvalue weighted by Gasteiger charge is 2.11. The standard InChI is InChI=1S/C12H13BrFN3/c1-8(12-5-6-15-17(12)2)16-11-4-3-9(13)7-10(11)14/h3-8,16H,1-2H3. The lowest BCUT2D eigenvalue weighted by molar-refractivity contribution is 0.621. The van der Waals surface area contributed by atoms with E-state index in [-0.39, 0.29) is 11.9 Å². The Morgan fingerprint density at radius 1 is 1.41 bits per heavy atom. The largest absolute Gasteiger partial charge is 0.375 e. The molecule has 5 heteroatoms. The van der Waals surface area contributed by atoms with Crippen LogP contribution >= 0.6 is 15.9 Å². The third kappa shape index (κ3) is 2.66. The molecule has 3 nitrogen and oxygen atoms in total. The van der Waals surface area contributed by atoms with Gasteiger partial charge in [0.1, 0.15) is 5.82 Å². The molecular weight excluding hydrogens is 285 g/mol. The first-order chi connectivity index (χ1) is 8.08. The Morgan fingerprint density at radius 3 is 2.76 bits per heavy atom. The highest BCUT2D eigenvalue weighted by atomic mass is 79.9. The number of aryl methyl sites for hydroxylation is 1. The van der Waals surface area contributed by atoms with Gasteiger partial charge in [0.2, 0.25) is 0 Å². The van der Waals surface area contributed by atoms with Crippen LogP contribution < -0.4 is 5.32 Å². The maximum absolute atomic E-state index is 13.6. The lowest BCUT2D eigenvalue weighted by atomic mass is 10.2. The van der Waals surface area contributed by atoms with E-state index in [0.29, 0.717) is 5.69 Å². The molecule has 17 heavy (non-hydrogen) atoms. The van der Waals surface area contributed by atoms with E-state index in [0.717, 1.165) is 10.2 Å². The van der Waals surface area contributed by atoms with Crippen molar-refractivity contribution in [2.45, 2.75) is 13.0 Å². The normalized spacial score (nSPS) is 12.5. The van der Waals surface area contributed by atoms with E-state index >= 15 is 0 Å². The molecular formula is C12H13BrFN3. The number of nitrogens with one attached hydrogen (secondary N) is 1. The molecule has 1 aromatic heterocycles. The van der Waals surface area contributed by atoms with Crippen LogP contribution in [0.2, 0.25) is 0 Å². The number of aromatic nitrogens is 2. The maximum atomic E-state index is 13.6. The lowest BCUT2D eigenvalue weighted by Crippen LogP contribution is -2.12. The molecule has 90 valence electrons. The minimum atomic E-state index is -0.270. The fourth-order valence-corrected chi connectivity index (χ4v) is 2.06. The maximum Gasteiger partial charge on any atom is 0.147 e. The molecule has 2 aromatic rings. The summed E-state index contributed by atoms with van der Waals surface area (Å²) in [6, 6.07) is 6.87. The van der Waals surface area contributed by atoms with Crippen molar-refractivity contribution >= 4 is 21.6 Å². The molecule has 0 fully saturated rings. The summed E-state index contributed by atoms with van der Waals surface area (Å²) in [5.41, 5.74) is 1.49. The molecule has 0 aliphatic heterocycles. The molecule has 0 amide bonds. The third-order valence-corrected chi connectivity index (χ3v) is 3.10. The van der Waals surface area contributed by atoms with Crippen LogP contribution in [0.1, 0.15) is 18.7 Å². The van der Waals surface area contributed by atoms with Crippen LogP contribution in [0.3, 0.4) is 0 Å². The van der Waals surface area contributed by atoms with Gasteiger partial charge >= 0.3 is 0 Å². The minimum absolute atomic E-state index is 0.00169. The van der Waals surface area contributed by atoms with Crippen LogP contribution in [0.25, 0.3) is 0 Å². The third-order valence-electron chi connectivity index (χ3n) is 2.61.